The Morgan fingerprint density at radius 3 is 2.23 bits per heavy atom. The van der Waals surface area contributed by atoms with E-state index in [1.165, 1.54) is 0 Å². The van der Waals surface area contributed by atoms with Gasteiger partial charge in [0.25, 0.3) is 0 Å². The number of halogens is 3. The van der Waals surface area contributed by atoms with Crippen molar-refractivity contribution < 1.29 is 34.2 Å². The van der Waals surface area contributed by atoms with Crippen LogP contribution in [0.15, 0.2) is 79.0 Å². The molecular formula is C25H17F3N2Pt. The van der Waals surface area contributed by atoms with Gasteiger partial charge in [0.1, 0.15) is 0 Å². The number of hydrogen-bond donors (Lipinski definition) is 0. The van der Waals surface area contributed by atoms with Gasteiger partial charge in [-0.1, -0.05) is 18.2 Å². The van der Waals surface area contributed by atoms with Crippen molar-refractivity contribution in [3.63, 3.8) is 0 Å². The first-order valence-electron chi connectivity index (χ1n) is 9.47. The van der Waals surface area contributed by atoms with Crippen LogP contribution in [0, 0.1) is 12.1 Å². The Bertz CT molecular complexity index is 1130. The second-order valence-corrected chi connectivity index (χ2v) is 6.82. The first-order valence-corrected chi connectivity index (χ1v) is 9.47. The maximum absolute atomic E-state index is 13.5. The molecule has 0 fully saturated rings. The Hall–Kier alpha value is -2.78. The predicted octanol–water partition coefficient (Wildman–Crippen LogP) is 6.21. The van der Waals surface area contributed by atoms with Crippen LogP contribution in [-0.4, -0.2) is 9.97 Å². The number of aryl methyl sites for hydroxylation is 2. The van der Waals surface area contributed by atoms with Crippen molar-refractivity contribution in [2.45, 2.75) is 19.0 Å². The second kappa shape index (κ2) is 10.0. The molecule has 0 aliphatic carbocycles. The summed E-state index contributed by atoms with van der Waals surface area (Å²) in [5, 5.41) is 0. The van der Waals surface area contributed by atoms with E-state index < -0.39 is 11.7 Å². The summed E-state index contributed by atoms with van der Waals surface area (Å²) in [6.07, 6.45) is -1.79. The van der Waals surface area contributed by atoms with E-state index in [0.29, 0.717) is 41.1 Å². The normalized spacial score (nSPS) is 11.1. The minimum Gasteiger partial charge on any atom is -0.295 e. The Morgan fingerprint density at radius 2 is 1.52 bits per heavy atom. The minimum absolute atomic E-state index is 0. The average Bonchev–Trinajstić information content (AvgIpc) is 2.78. The number of alkyl halides is 3. The van der Waals surface area contributed by atoms with Crippen LogP contribution in [0.3, 0.4) is 0 Å². The first kappa shape index (κ1) is 22.9. The second-order valence-electron chi connectivity index (χ2n) is 6.82. The quantitative estimate of drug-likeness (QED) is 0.256. The molecule has 2 aromatic carbocycles. The smallest absolute Gasteiger partial charge is 0.295 e. The van der Waals surface area contributed by atoms with Gasteiger partial charge in [-0.15, -0.1) is 29.3 Å². The maximum Gasteiger partial charge on any atom is 2.00 e. The van der Waals surface area contributed by atoms with Crippen LogP contribution in [0.5, 0.6) is 0 Å². The summed E-state index contributed by atoms with van der Waals surface area (Å²) in [4.78, 5) is 8.79. The molecule has 0 saturated heterocycles. The summed E-state index contributed by atoms with van der Waals surface area (Å²) in [6, 6.07) is 26.6. The fraction of sp³-hybridized carbons (Fsp3) is 0.120. The van der Waals surface area contributed by atoms with Gasteiger partial charge in [0.2, 0.25) is 0 Å². The molecule has 0 aliphatic heterocycles. The molecule has 0 atom stereocenters. The van der Waals surface area contributed by atoms with E-state index in [9.17, 15) is 13.2 Å². The molecule has 0 aliphatic rings. The van der Waals surface area contributed by atoms with Crippen LogP contribution < -0.4 is 0 Å². The number of hydrogen-bond acceptors (Lipinski definition) is 2. The number of rotatable bonds is 5. The van der Waals surface area contributed by atoms with Gasteiger partial charge in [-0.05, 0) is 42.3 Å². The molecule has 4 rings (SSSR count). The van der Waals surface area contributed by atoms with E-state index in [0.717, 1.165) is 17.7 Å². The van der Waals surface area contributed by atoms with Crippen LogP contribution in [0.4, 0.5) is 13.2 Å². The zero-order valence-electron chi connectivity index (χ0n) is 16.3. The number of nitrogens with zero attached hydrogens (tertiary/aromatic N) is 2. The van der Waals surface area contributed by atoms with Crippen molar-refractivity contribution in [3.8, 4) is 22.6 Å². The molecule has 31 heavy (non-hydrogen) atoms. The third-order valence-electron chi connectivity index (χ3n) is 4.64. The number of pyridine rings is 2. The molecule has 0 saturated carbocycles. The SMILES string of the molecule is FC(F)(F)c1cc(CCc2[c-]cccc2)[c-]c(-c2cccc(-c3ccccn3)n2)c1.[Pt+2]. The molecule has 0 bridgehead atoms. The Kier molecular flexibility index (Phi) is 7.40. The van der Waals surface area contributed by atoms with E-state index in [2.05, 4.69) is 22.1 Å². The Balaban J connectivity index is 0.00000272. The summed E-state index contributed by atoms with van der Waals surface area (Å²) in [5.74, 6) is 0. The molecular weight excluding hydrogens is 580 g/mol. The van der Waals surface area contributed by atoms with Gasteiger partial charge in [-0.25, -0.2) is 0 Å². The molecule has 0 unspecified atom stereocenters. The van der Waals surface area contributed by atoms with Crippen LogP contribution in [0.1, 0.15) is 16.7 Å². The van der Waals surface area contributed by atoms with E-state index in [1.807, 2.05) is 30.3 Å². The third kappa shape index (κ3) is 5.89. The first-order chi connectivity index (χ1) is 14.5. The Labute approximate surface area is 193 Å². The van der Waals surface area contributed by atoms with Crippen molar-refractivity contribution in [1.29, 1.82) is 0 Å². The van der Waals surface area contributed by atoms with Crippen LogP contribution in [0.25, 0.3) is 22.6 Å². The molecule has 0 amide bonds. The molecule has 0 spiro atoms. The minimum atomic E-state index is -4.45. The van der Waals surface area contributed by atoms with E-state index >= 15 is 0 Å². The maximum atomic E-state index is 13.5. The molecule has 2 nitrogen and oxygen atoms in total. The Morgan fingerprint density at radius 1 is 0.774 bits per heavy atom. The molecule has 4 aromatic rings. The van der Waals surface area contributed by atoms with Crippen LogP contribution in [-0.2, 0) is 40.1 Å². The van der Waals surface area contributed by atoms with E-state index in [-0.39, 0.29) is 21.1 Å². The standard InChI is InChI=1S/C25H17F3N2.Pt/c26-25(27,28)21-16-19(13-12-18-7-2-1-3-8-18)15-20(17-21)22-10-6-11-24(30-22)23-9-4-5-14-29-23;/h1-7,9-11,14,16-17H,12-13H2;/q-2;+2. The molecule has 158 valence electrons. The predicted molar refractivity (Wildman–Crippen MR) is 109 cm³/mol. The van der Waals surface area contributed by atoms with E-state index in [4.69, 9.17) is 0 Å². The number of aromatic nitrogens is 2. The zero-order chi connectivity index (χ0) is 21.0. The summed E-state index contributed by atoms with van der Waals surface area (Å²) >= 11 is 0. The van der Waals surface area contributed by atoms with E-state index in [1.54, 1.807) is 36.5 Å². The van der Waals surface area contributed by atoms with Crippen molar-refractivity contribution in [2.75, 3.05) is 0 Å². The monoisotopic (exact) mass is 597 g/mol. The van der Waals surface area contributed by atoms with Gasteiger partial charge in [0, 0.05) is 6.20 Å². The molecule has 2 heterocycles. The fourth-order valence-corrected chi connectivity index (χ4v) is 3.16. The van der Waals surface area contributed by atoms with Crippen LogP contribution >= 0.6 is 0 Å². The van der Waals surface area contributed by atoms with Gasteiger partial charge in [0.15, 0.2) is 0 Å². The fourth-order valence-electron chi connectivity index (χ4n) is 3.16. The van der Waals surface area contributed by atoms with Crippen molar-refractivity contribution in [2.24, 2.45) is 0 Å². The molecule has 6 heteroatoms. The molecule has 0 radical (unpaired) electrons. The summed E-state index contributed by atoms with van der Waals surface area (Å²) in [7, 11) is 0. The van der Waals surface area contributed by atoms with Crippen molar-refractivity contribution in [1.82, 2.24) is 9.97 Å². The third-order valence-corrected chi connectivity index (χ3v) is 4.64. The van der Waals surface area contributed by atoms with Gasteiger partial charge >= 0.3 is 27.2 Å². The van der Waals surface area contributed by atoms with Gasteiger partial charge in [-0.2, -0.15) is 49.1 Å². The topological polar surface area (TPSA) is 25.8 Å². The van der Waals surface area contributed by atoms with Crippen molar-refractivity contribution >= 4 is 0 Å². The largest absolute Gasteiger partial charge is 2.00 e. The number of benzene rings is 2. The molecule has 2 aromatic heterocycles. The van der Waals surface area contributed by atoms with Gasteiger partial charge < -0.3 is 0 Å². The van der Waals surface area contributed by atoms with Gasteiger partial charge in [0.05, 0.1) is 11.4 Å². The van der Waals surface area contributed by atoms with Crippen LogP contribution in [0.2, 0.25) is 0 Å². The summed E-state index contributed by atoms with van der Waals surface area (Å²) in [6.45, 7) is 0. The molecule has 0 N–H and O–H groups in total. The summed E-state index contributed by atoms with van der Waals surface area (Å²) < 4.78 is 40.6. The van der Waals surface area contributed by atoms with Gasteiger partial charge in [-0.3, -0.25) is 9.97 Å². The average molecular weight is 597 g/mol. The zero-order valence-corrected chi connectivity index (χ0v) is 18.5. The van der Waals surface area contributed by atoms with Crippen molar-refractivity contribution in [3.05, 3.63) is 108 Å². The summed E-state index contributed by atoms with van der Waals surface area (Å²) in [5.41, 5.74) is 2.73.